The summed E-state index contributed by atoms with van der Waals surface area (Å²) in [5.74, 6) is 0.970. The fraction of sp³-hybridized carbons (Fsp3) is 0.375. The van der Waals surface area contributed by atoms with Gasteiger partial charge in [-0.3, -0.25) is 0 Å². The predicted molar refractivity (Wildman–Crippen MR) is 90.1 cm³/mol. The molecule has 0 spiro atoms. The fourth-order valence-corrected chi connectivity index (χ4v) is 2.66. The molecule has 102 valence electrons. The zero-order valence-electron chi connectivity index (χ0n) is 12.4. The van der Waals surface area contributed by atoms with Crippen molar-refractivity contribution in [2.75, 3.05) is 13.3 Å². The molecule has 1 nitrogen and oxygen atoms in total. The molecule has 0 bridgehead atoms. The molecule has 0 fully saturated rings. The topological polar surface area (TPSA) is 9.23 Å². The number of allylic oxidation sites excluding steroid dienone is 3. The first-order valence-electron chi connectivity index (χ1n) is 6.34. The minimum Gasteiger partial charge on any atom is -0.496 e. The first kappa shape index (κ1) is 16.2. The third-order valence-electron chi connectivity index (χ3n) is 3.35. The maximum atomic E-state index is 5.40. The molecule has 1 aromatic carbocycles. The van der Waals surface area contributed by atoms with Gasteiger partial charge in [0.2, 0.25) is 0 Å². The van der Waals surface area contributed by atoms with Crippen LogP contribution in [0, 0.1) is 20.8 Å². The van der Waals surface area contributed by atoms with Gasteiger partial charge < -0.3 is 4.74 Å². The van der Waals surface area contributed by atoms with E-state index in [9.17, 15) is 0 Å². The molecule has 0 atom stereocenters. The molecule has 0 saturated carbocycles. The average Bonchev–Trinajstić information content (AvgIpc) is 2.40. The van der Waals surface area contributed by atoms with Crippen molar-refractivity contribution in [3.8, 4) is 5.75 Å². The average molecular weight is 292 g/mol. The van der Waals surface area contributed by atoms with Gasteiger partial charge in [0.05, 0.1) is 7.11 Å². The molecule has 0 aliphatic heterocycles. The molecule has 0 aromatic heterocycles. The van der Waals surface area contributed by atoms with E-state index in [1.807, 2.05) is 0 Å². The Morgan fingerprint density at radius 1 is 1.32 bits per heavy atom. The normalized spacial score (nSPS) is 12.4. The highest BCUT2D eigenvalue weighted by Gasteiger charge is 2.08. The standard InChI is InChI=1S/C16H22OP2/c1-11(8-9-19-18)6-7-15-12(2)10-16(17-5)14(4)13(15)3/h6-8,10,18H,9H2,1-5H3/b7-6+,11-8+. The van der Waals surface area contributed by atoms with Gasteiger partial charge in [-0.1, -0.05) is 40.2 Å². The molecule has 0 unspecified atom stereocenters. The van der Waals surface area contributed by atoms with Crippen molar-refractivity contribution in [2.24, 2.45) is 0 Å². The summed E-state index contributed by atoms with van der Waals surface area (Å²) >= 11 is 0. The molecule has 0 aliphatic rings. The van der Waals surface area contributed by atoms with Crippen molar-refractivity contribution in [3.63, 3.8) is 0 Å². The Morgan fingerprint density at radius 3 is 2.58 bits per heavy atom. The largest absolute Gasteiger partial charge is 0.496 e. The van der Waals surface area contributed by atoms with Crippen LogP contribution >= 0.6 is 16.4 Å². The molecule has 0 heterocycles. The van der Waals surface area contributed by atoms with Crippen molar-refractivity contribution in [3.05, 3.63) is 46.0 Å². The summed E-state index contributed by atoms with van der Waals surface area (Å²) in [6, 6.07) is 2.11. The zero-order valence-corrected chi connectivity index (χ0v) is 14.3. The Bertz CT molecular complexity index is 528. The van der Waals surface area contributed by atoms with Gasteiger partial charge in [-0.15, -0.1) is 0 Å². The highest BCUT2D eigenvalue weighted by Crippen LogP contribution is 2.28. The van der Waals surface area contributed by atoms with Gasteiger partial charge in [0.25, 0.3) is 0 Å². The Morgan fingerprint density at radius 2 is 2.00 bits per heavy atom. The van der Waals surface area contributed by atoms with E-state index in [1.54, 1.807) is 7.11 Å². The second kappa shape index (κ2) is 7.63. The van der Waals surface area contributed by atoms with Crippen molar-refractivity contribution in [1.29, 1.82) is 0 Å². The lowest BCUT2D eigenvalue weighted by molar-refractivity contribution is 0.411. The minimum absolute atomic E-state index is 0.970. The fourth-order valence-electron chi connectivity index (χ4n) is 2.01. The summed E-state index contributed by atoms with van der Waals surface area (Å²) < 4.78 is 5.40. The number of hydrogen-bond donors (Lipinski definition) is 0. The van der Waals surface area contributed by atoms with Crippen LogP contribution in [0.25, 0.3) is 6.08 Å². The summed E-state index contributed by atoms with van der Waals surface area (Å²) in [6.45, 7) is 8.52. The zero-order chi connectivity index (χ0) is 14.4. The first-order chi connectivity index (χ1) is 9.01. The lowest BCUT2D eigenvalue weighted by atomic mass is 9.96. The van der Waals surface area contributed by atoms with Crippen molar-refractivity contribution in [1.82, 2.24) is 0 Å². The van der Waals surface area contributed by atoms with Crippen molar-refractivity contribution >= 4 is 22.5 Å². The third kappa shape index (κ3) is 4.30. The van der Waals surface area contributed by atoms with Crippen LogP contribution in [0.5, 0.6) is 5.75 Å². The SMILES string of the molecule is COc1cc(C)c(/C=C/C(C)=C/CP=P)c(C)c1C. The van der Waals surface area contributed by atoms with Crippen LogP contribution < -0.4 is 4.74 Å². The molecule has 0 N–H and O–H groups in total. The monoisotopic (exact) mass is 292 g/mol. The lowest BCUT2D eigenvalue weighted by Crippen LogP contribution is -1.95. The van der Waals surface area contributed by atoms with E-state index in [2.05, 4.69) is 60.5 Å². The summed E-state index contributed by atoms with van der Waals surface area (Å²) in [6.07, 6.45) is 7.64. The minimum atomic E-state index is 0.970. The summed E-state index contributed by atoms with van der Waals surface area (Å²) in [4.78, 5) is 0. The van der Waals surface area contributed by atoms with E-state index in [1.165, 1.54) is 35.7 Å². The number of ether oxygens (including phenoxy) is 1. The smallest absolute Gasteiger partial charge is 0.122 e. The number of rotatable bonds is 5. The summed E-state index contributed by atoms with van der Waals surface area (Å²) in [5.41, 5.74) is 6.34. The van der Waals surface area contributed by atoms with E-state index >= 15 is 0 Å². The Hall–Kier alpha value is -0.900. The molecule has 19 heavy (non-hydrogen) atoms. The predicted octanol–water partition coefficient (Wildman–Crippen LogP) is 5.58. The molecular formula is C16H22OP2. The molecule has 0 aliphatic carbocycles. The highest BCUT2D eigenvalue weighted by molar-refractivity contribution is 7.74. The maximum absolute atomic E-state index is 5.40. The van der Waals surface area contributed by atoms with Gasteiger partial charge in [0.15, 0.2) is 0 Å². The highest BCUT2D eigenvalue weighted by atomic mass is 31.7. The van der Waals surface area contributed by atoms with Crippen molar-refractivity contribution in [2.45, 2.75) is 27.7 Å². The number of aryl methyl sites for hydroxylation is 1. The summed E-state index contributed by atoms with van der Waals surface area (Å²) in [5, 5.41) is 0. The molecule has 0 saturated heterocycles. The van der Waals surface area contributed by atoms with E-state index in [4.69, 9.17) is 4.74 Å². The third-order valence-corrected chi connectivity index (χ3v) is 4.26. The second-order valence-corrected chi connectivity index (χ2v) is 6.31. The van der Waals surface area contributed by atoms with Gasteiger partial charge in [-0.25, -0.2) is 0 Å². The first-order valence-corrected chi connectivity index (χ1v) is 8.76. The van der Waals surface area contributed by atoms with E-state index in [0.29, 0.717) is 0 Å². The number of benzene rings is 1. The number of hydrogen-bond acceptors (Lipinski definition) is 1. The van der Waals surface area contributed by atoms with E-state index in [0.717, 1.165) is 11.9 Å². The second-order valence-electron chi connectivity index (χ2n) is 4.68. The van der Waals surface area contributed by atoms with Gasteiger partial charge in [0.1, 0.15) is 5.75 Å². The van der Waals surface area contributed by atoms with Gasteiger partial charge in [-0.05, 0) is 56.0 Å². The van der Waals surface area contributed by atoms with Crippen LogP contribution in [0.1, 0.15) is 29.2 Å². The number of methoxy groups -OCH3 is 1. The quantitative estimate of drug-likeness (QED) is 0.508. The van der Waals surface area contributed by atoms with Crippen LogP contribution in [0.3, 0.4) is 0 Å². The molecule has 1 rings (SSSR count). The molecule has 3 heteroatoms. The van der Waals surface area contributed by atoms with Gasteiger partial charge in [-0.2, -0.15) is 0 Å². The van der Waals surface area contributed by atoms with Crippen LogP contribution in [-0.4, -0.2) is 13.3 Å². The van der Waals surface area contributed by atoms with Crippen LogP contribution in [0.4, 0.5) is 0 Å². The Kier molecular flexibility index (Phi) is 6.49. The molecule has 0 amide bonds. The van der Waals surface area contributed by atoms with E-state index < -0.39 is 0 Å². The molecule has 1 aromatic rings. The maximum Gasteiger partial charge on any atom is 0.122 e. The van der Waals surface area contributed by atoms with Crippen LogP contribution in [0.2, 0.25) is 0 Å². The molecule has 0 radical (unpaired) electrons. The lowest BCUT2D eigenvalue weighted by Gasteiger charge is -2.13. The van der Waals surface area contributed by atoms with Gasteiger partial charge >= 0.3 is 0 Å². The Labute approximate surface area is 120 Å². The van der Waals surface area contributed by atoms with Crippen LogP contribution in [0.15, 0.2) is 23.8 Å². The molecular weight excluding hydrogens is 270 g/mol. The van der Waals surface area contributed by atoms with E-state index in [-0.39, 0.29) is 0 Å². The Balaban J connectivity index is 3.12. The summed E-state index contributed by atoms with van der Waals surface area (Å²) in [7, 11) is 6.40. The van der Waals surface area contributed by atoms with Crippen LogP contribution in [-0.2, 0) is 0 Å². The van der Waals surface area contributed by atoms with Crippen molar-refractivity contribution < 1.29 is 4.74 Å². The van der Waals surface area contributed by atoms with Gasteiger partial charge in [0, 0.05) is 6.16 Å².